The lowest BCUT2D eigenvalue weighted by Gasteiger charge is -2.16. The maximum Gasteiger partial charge on any atom is 0.502 e. The van der Waals surface area contributed by atoms with Crippen molar-refractivity contribution in [2.24, 2.45) is 5.41 Å². The Bertz CT molecular complexity index is 1060. The number of nitrogens with one attached hydrogen (secondary N) is 1. The van der Waals surface area contributed by atoms with E-state index in [4.69, 9.17) is 4.74 Å². The van der Waals surface area contributed by atoms with Gasteiger partial charge in [-0.15, -0.1) is 0 Å². The maximum absolute atomic E-state index is 14.2. The number of nitrogens with zero attached hydrogens (tertiary/aromatic N) is 1. The SMILES string of the molecule is CC(C)(C)C(=O)Oc1ccc(C(=O)Nc2ncc(S(=O)(=O)C(F)(F)F)s2)c(F)c1. The Morgan fingerprint density at radius 3 is 2.31 bits per heavy atom. The molecule has 0 saturated carbocycles. The molecule has 0 saturated heterocycles. The van der Waals surface area contributed by atoms with Gasteiger partial charge in [0.15, 0.2) is 9.34 Å². The number of esters is 1. The molecule has 1 amide bonds. The normalized spacial score (nSPS) is 12.5. The van der Waals surface area contributed by atoms with Crippen LogP contribution in [-0.4, -0.2) is 30.8 Å². The topological polar surface area (TPSA) is 102 Å². The second-order valence-corrected chi connectivity index (χ2v) is 9.87. The zero-order valence-electron chi connectivity index (χ0n) is 15.1. The molecule has 29 heavy (non-hydrogen) atoms. The van der Waals surface area contributed by atoms with Gasteiger partial charge in [-0.2, -0.15) is 13.2 Å². The standard InChI is InChI=1S/C16H14F4N2O5S2/c1-15(2,3)13(24)27-8-4-5-9(10(17)6-8)12(23)22-14-21-7-11(28-14)29(25,26)16(18,19)20/h4-7H,1-3H3,(H,21,22,23). The van der Waals surface area contributed by atoms with Gasteiger partial charge in [-0.1, -0.05) is 11.3 Å². The summed E-state index contributed by atoms with van der Waals surface area (Å²) in [6.07, 6.45) is 0.439. The molecule has 158 valence electrons. The number of halogens is 4. The molecule has 0 aliphatic rings. The number of thiazole rings is 1. The Morgan fingerprint density at radius 2 is 1.79 bits per heavy atom. The summed E-state index contributed by atoms with van der Waals surface area (Å²) in [5.41, 5.74) is -6.88. The van der Waals surface area contributed by atoms with Crippen molar-refractivity contribution in [2.45, 2.75) is 30.5 Å². The molecule has 1 aromatic carbocycles. The fourth-order valence-electron chi connectivity index (χ4n) is 1.72. The summed E-state index contributed by atoms with van der Waals surface area (Å²) in [5.74, 6) is -2.93. The van der Waals surface area contributed by atoms with E-state index in [0.717, 1.165) is 18.2 Å². The van der Waals surface area contributed by atoms with Crippen molar-refractivity contribution in [3.63, 3.8) is 0 Å². The summed E-state index contributed by atoms with van der Waals surface area (Å²) in [6.45, 7) is 4.78. The summed E-state index contributed by atoms with van der Waals surface area (Å²) < 4.78 is 78.3. The smallest absolute Gasteiger partial charge is 0.426 e. The molecule has 0 unspecified atom stereocenters. The van der Waals surface area contributed by atoms with Gasteiger partial charge in [-0.3, -0.25) is 14.9 Å². The average molecular weight is 454 g/mol. The van der Waals surface area contributed by atoms with E-state index in [-0.39, 0.29) is 17.1 Å². The lowest BCUT2D eigenvalue weighted by molar-refractivity contribution is -0.143. The van der Waals surface area contributed by atoms with Gasteiger partial charge >= 0.3 is 11.5 Å². The van der Waals surface area contributed by atoms with Gasteiger partial charge < -0.3 is 4.74 Å². The van der Waals surface area contributed by atoms with Crippen LogP contribution < -0.4 is 10.1 Å². The predicted octanol–water partition coefficient (Wildman–Crippen LogP) is 3.78. The maximum atomic E-state index is 14.2. The molecule has 0 radical (unpaired) electrons. The van der Waals surface area contributed by atoms with Crippen LogP contribution in [0.1, 0.15) is 31.1 Å². The third kappa shape index (κ3) is 5.09. The number of ether oxygens (including phenoxy) is 1. The molecule has 2 aromatic rings. The molecular formula is C16H14F4N2O5S2. The first kappa shape index (κ1) is 22.7. The molecule has 0 atom stereocenters. The van der Waals surface area contributed by atoms with Crippen LogP contribution in [0.2, 0.25) is 0 Å². The number of carbonyl (C=O) groups excluding carboxylic acids is 2. The van der Waals surface area contributed by atoms with Gasteiger partial charge in [-0.25, -0.2) is 17.8 Å². The molecule has 1 N–H and O–H groups in total. The summed E-state index contributed by atoms with van der Waals surface area (Å²) in [4.78, 5) is 27.3. The van der Waals surface area contributed by atoms with Gasteiger partial charge in [-0.05, 0) is 32.9 Å². The lowest BCUT2D eigenvalue weighted by Crippen LogP contribution is -2.25. The molecule has 7 nitrogen and oxygen atoms in total. The summed E-state index contributed by atoms with van der Waals surface area (Å²) in [5, 5.41) is 1.54. The molecule has 0 spiro atoms. The Morgan fingerprint density at radius 1 is 1.17 bits per heavy atom. The zero-order valence-corrected chi connectivity index (χ0v) is 16.8. The van der Waals surface area contributed by atoms with Crippen molar-refractivity contribution >= 4 is 38.2 Å². The fourth-order valence-corrected chi connectivity index (χ4v) is 3.65. The number of benzene rings is 1. The molecule has 0 fully saturated rings. The third-order valence-corrected chi connectivity index (χ3v) is 6.14. The van der Waals surface area contributed by atoms with Gasteiger partial charge in [0.25, 0.3) is 15.7 Å². The van der Waals surface area contributed by atoms with Crippen molar-refractivity contribution in [1.29, 1.82) is 0 Å². The van der Waals surface area contributed by atoms with Crippen LogP contribution in [0, 0.1) is 11.2 Å². The monoisotopic (exact) mass is 454 g/mol. The van der Waals surface area contributed by atoms with Crippen LogP contribution in [0.4, 0.5) is 22.7 Å². The fraction of sp³-hybridized carbons (Fsp3) is 0.312. The van der Waals surface area contributed by atoms with Gasteiger partial charge in [0.1, 0.15) is 11.6 Å². The largest absolute Gasteiger partial charge is 0.502 e. The molecule has 0 aliphatic heterocycles. The first-order valence-electron chi connectivity index (χ1n) is 7.73. The highest BCUT2D eigenvalue weighted by Crippen LogP contribution is 2.34. The highest BCUT2D eigenvalue weighted by atomic mass is 32.2. The summed E-state index contributed by atoms with van der Waals surface area (Å²) in [7, 11) is -5.61. The summed E-state index contributed by atoms with van der Waals surface area (Å²) in [6, 6.07) is 2.94. The highest BCUT2D eigenvalue weighted by Gasteiger charge is 2.48. The number of anilines is 1. The number of sulfone groups is 1. The molecule has 1 aromatic heterocycles. The van der Waals surface area contributed by atoms with Crippen LogP contribution in [0.25, 0.3) is 0 Å². The first-order valence-corrected chi connectivity index (χ1v) is 10.0. The van der Waals surface area contributed by atoms with E-state index >= 15 is 0 Å². The molecule has 2 rings (SSSR count). The Hall–Kier alpha value is -2.54. The molecule has 0 aliphatic carbocycles. The van der Waals surface area contributed by atoms with Crippen molar-refractivity contribution in [1.82, 2.24) is 4.98 Å². The van der Waals surface area contributed by atoms with Crippen LogP contribution in [0.3, 0.4) is 0 Å². The van der Waals surface area contributed by atoms with Crippen LogP contribution in [-0.2, 0) is 14.6 Å². The predicted molar refractivity (Wildman–Crippen MR) is 94.8 cm³/mol. The van der Waals surface area contributed by atoms with Crippen LogP contribution in [0.5, 0.6) is 5.75 Å². The van der Waals surface area contributed by atoms with Crippen molar-refractivity contribution in [2.75, 3.05) is 5.32 Å². The number of hydrogen-bond acceptors (Lipinski definition) is 7. The number of hydrogen-bond donors (Lipinski definition) is 1. The molecule has 0 bridgehead atoms. The van der Waals surface area contributed by atoms with Crippen molar-refractivity contribution in [3.8, 4) is 5.75 Å². The number of carbonyl (C=O) groups is 2. The average Bonchev–Trinajstić information content (AvgIpc) is 3.02. The minimum Gasteiger partial charge on any atom is -0.426 e. The highest BCUT2D eigenvalue weighted by molar-refractivity contribution is 7.94. The van der Waals surface area contributed by atoms with Crippen molar-refractivity contribution in [3.05, 3.63) is 35.8 Å². The van der Waals surface area contributed by atoms with Gasteiger partial charge in [0.2, 0.25) is 0 Å². The minimum absolute atomic E-state index is 0.0670. The minimum atomic E-state index is -5.61. The Labute approximate surface area is 166 Å². The van der Waals surface area contributed by atoms with Crippen LogP contribution in [0.15, 0.2) is 28.6 Å². The lowest BCUT2D eigenvalue weighted by atomic mass is 9.97. The van der Waals surface area contributed by atoms with E-state index in [1.165, 1.54) is 0 Å². The molecule has 13 heteroatoms. The van der Waals surface area contributed by atoms with Crippen LogP contribution >= 0.6 is 11.3 Å². The summed E-state index contributed by atoms with van der Waals surface area (Å²) >= 11 is 0.0670. The second-order valence-electron chi connectivity index (χ2n) is 6.67. The molecular weight excluding hydrogens is 440 g/mol. The van der Waals surface area contributed by atoms with E-state index in [2.05, 4.69) is 4.98 Å². The van der Waals surface area contributed by atoms with Gasteiger partial charge in [0.05, 0.1) is 17.2 Å². The quantitative estimate of drug-likeness (QED) is 0.429. The molecule has 1 heterocycles. The first-order chi connectivity index (χ1) is 13.1. The third-order valence-electron chi connectivity index (χ3n) is 3.28. The van der Waals surface area contributed by atoms with E-state index in [0.29, 0.717) is 6.20 Å². The van der Waals surface area contributed by atoms with E-state index in [1.54, 1.807) is 20.8 Å². The zero-order chi connectivity index (χ0) is 22.2. The van der Waals surface area contributed by atoms with E-state index < -0.39 is 53.4 Å². The number of alkyl halides is 3. The Balaban J connectivity index is 2.17. The second kappa shape index (κ2) is 7.71. The van der Waals surface area contributed by atoms with Gasteiger partial charge in [0, 0.05) is 6.07 Å². The van der Waals surface area contributed by atoms with Crippen molar-refractivity contribution < 1.29 is 40.3 Å². The number of rotatable bonds is 4. The van der Waals surface area contributed by atoms with E-state index in [9.17, 15) is 35.6 Å². The van der Waals surface area contributed by atoms with E-state index in [1.807, 2.05) is 5.32 Å². The Kier molecular flexibility index (Phi) is 6.04. The number of aromatic nitrogens is 1. The number of amides is 1.